The van der Waals surface area contributed by atoms with Gasteiger partial charge in [0.05, 0.1) is 6.61 Å². The minimum Gasteiger partial charge on any atom is -0.462 e. The van der Waals surface area contributed by atoms with E-state index in [-0.39, 0.29) is 18.6 Å². The van der Waals surface area contributed by atoms with Crippen molar-refractivity contribution in [3.63, 3.8) is 0 Å². The molecule has 7 rings (SSSR count). The van der Waals surface area contributed by atoms with Crippen LogP contribution in [0, 0.1) is 34.0 Å². The van der Waals surface area contributed by atoms with Gasteiger partial charge in [-0.2, -0.15) is 0 Å². The molecule has 9 atom stereocenters. The van der Waals surface area contributed by atoms with Crippen LogP contribution in [0.4, 0.5) is 5.69 Å². The number of hydrogen-bond donors (Lipinski definition) is 2. The van der Waals surface area contributed by atoms with Gasteiger partial charge in [0.1, 0.15) is 23.7 Å². The number of carbonyl (C=O) groups excluding carboxylic acids is 3. The van der Waals surface area contributed by atoms with Crippen molar-refractivity contribution in [3.8, 4) is 0 Å². The Hall–Kier alpha value is -2.17. The minimum atomic E-state index is -2.29. The summed E-state index contributed by atoms with van der Waals surface area (Å²) < 4.78 is 18.4. The predicted molar refractivity (Wildman–Crippen MR) is 177 cm³/mol. The van der Waals surface area contributed by atoms with Crippen LogP contribution >= 0.6 is 23.2 Å². The Bertz CT molecular complexity index is 1410. The fourth-order valence-electron chi connectivity index (χ4n) is 10.5. The Labute approximate surface area is 286 Å². The van der Waals surface area contributed by atoms with E-state index in [0.717, 1.165) is 11.3 Å². The average Bonchev–Trinajstić information content (AvgIpc) is 3.13. The summed E-state index contributed by atoms with van der Waals surface area (Å²) in [7, 11) is 0. The molecule has 4 aliphatic carbocycles. The van der Waals surface area contributed by atoms with E-state index < -0.39 is 75.8 Å². The van der Waals surface area contributed by atoms with E-state index in [4.69, 9.17) is 37.4 Å². The van der Waals surface area contributed by atoms with E-state index in [1.165, 1.54) is 6.92 Å². The number of rotatable bonds is 11. The largest absolute Gasteiger partial charge is 0.462 e. The number of Topliss-reactive ketones (excluding diaryl/α,β-unsaturated/α-hetero) is 1. The second-order valence-corrected chi connectivity index (χ2v) is 15.7. The molecule has 2 aliphatic heterocycles. The van der Waals surface area contributed by atoms with Crippen LogP contribution in [0.15, 0.2) is 36.4 Å². The fourth-order valence-corrected chi connectivity index (χ4v) is 10.9. The molecule has 0 unspecified atom stereocenters. The van der Waals surface area contributed by atoms with Gasteiger partial charge in [-0.25, -0.2) is 0 Å². The number of anilines is 1. The van der Waals surface area contributed by atoms with Crippen molar-refractivity contribution in [1.82, 2.24) is 0 Å². The van der Waals surface area contributed by atoms with Crippen molar-refractivity contribution in [2.75, 3.05) is 36.4 Å². The molecule has 47 heavy (non-hydrogen) atoms. The van der Waals surface area contributed by atoms with Gasteiger partial charge in [0.15, 0.2) is 5.78 Å². The second kappa shape index (κ2) is 12.6. The fraction of sp³-hybridized carbons (Fsp3) is 0.694. The molecule has 6 fully saturated rings. The molecule has 2 heterocycles. The smallest absolute Gasteiger partial charge is 0.306 e. The predicted octanol–water partition coefficient (Wildman–Crippen LogP) is 4.80. The number of fused-ring (bicyclic) bond motifs is 2. The number of alkyl halides is 2. The first-order valence-corrected chi connectivity index (χ1v) is 18.0. The SMILES string of the molecule is C=C1C(=O)[C@]23[C@H](OC(=O)CCCc4ccc(N(CCCl)CCCl)cc4)[C@H]1CC[C@H]2[C@@]12CO[C@@]3(O)[C@@H](O)[C@@H]1C(C)(C)CC[C@@H]2OC(C)=O. The van der Waals surface area contributed by atoms with Crippen LogP contribution in [0.25, 0.3) is 0 Å². The number of nitrogens with zero attached hydrogens (tertiary/aromatic N) is 1. The Balaban J connectivity index is 1.25. The summed E-state index contributed by atoms with van der Waals surface area (Å²) in [5, 5.41) is 24.5. The molecule has 1 aromatic carbocycles. The molecule has 0 amide bonds. The van der Waals surface area contributed by atoms with Crippen molar-refractivity contribution < 1.29 is 38.8 Å². The highest BCUT2D eigenvalue weighted by Crippen LogP contribution is 2.77. The zero-order chi connectivity index (χ0) is 33.9. The third kappa shape index (κ3) is 5.08. The summed E-state index contributed by atoms with van der Waals surface area (Å²) in [5.74, 6) is -4.22. The maximum absolute atomic E-state index is 14.4. The average molecular weight is 693 g/mol. The Morgan fingerprint density at radius 3 is 2.40 bits per heavy atom. The lowest BCUT2D eigenvalue weighted by molar-refractivity contribution is -0.458. The summed E-state index contributed by atoms with van der Waals surface area (Å²) in [6.45, 7) is 11.0. The Morgan fingerprint density at radius 1 is 1.09 bits per heavy atom. The van der Waals surface area contributed by atoms with E-state index >= 15 is 0 Å². The van der Waals surface area contributed by atoms with Gasteiger partial charge >= 0.3 is 11.9 Å². The second-order valence-electron chi connectivity index (χ2n) is 14.9. The molecule has 258 valence electrons. The molecule has 2 spiro atoms. The van der Waals surface area contributed by atoms with Gasteiger partial charge in [-0.15, -0.1) is 23.2 Å². The molecule has 4 saturated carbocycles. The standard InChI is InChI=1S/C36H47Cl2NO8/c1-21-25-12-13-26-34-20-45-36(44,31(43)29(34)33(3,4)15-14-27(34)46-22(2)40)35(26,30(21)42)32(25)47-28(41)7-5-6-23-8-10-24(11-9-23)39(18-16-37)19-17-38/h8-11,25-27,29,31-32,43-44H,1,5-7,12-20H2,2-4H3/t25-,26-,27-,29+,31-,32+,34+,35-,36-/m0/s1. The van der Waals surface area contributed by atoms with E-state index in [1.54, 1.807) is 0 Å². The number of aliphatic hydroxyl groups excluding tert-OH is 1. The first-order valence-electron chi connectivity index (χ1n) is 16.9. The van der Waals surface area contributed by atoms with Crippen LogP contribution in [0.5, 0.6) is 0 Å². The van der Waals surface area contributed by atoms with E-state index in [1.807, 2.05) is 38.1 Å². The summed E-state index contributed by atoms with van der Waals surface area (Å²) in [5.41, 5.74) is -0.772. The van der Waals surface area contributed by atoms with Gasteiger partial charge in [0, 0.05) is 61.1 Å². The number of aryl methyl sites for hydroxylation is 1. The quantitative estimate of drug-likeness (QED) is 0.191. The molecule has 6 aliphatic rings. The maximum atomic E-state index is 14.4. The number of hydrogen-bond acceptors (Lipinski definition) is 9. The van der Waals surface area contributed by atoms with Gasteiger partial charge in [0.25, 0.3) is 0 Å². The summed E-state index contributed by atoms with van der Waals surface area (Å²) in [6.07, 6.45) is 0.365. The lowest BCUT2D eigenvalue weighted by Crippen LogP contribution is -2.86. The summed E-state index contributed by atoms with van der Waals surface area (Å²) >= 11 is 11.9. The highest BCUT2D eigenvalue weighted by Gasteiger charge is 2.88. The third-order valence-corrected chi connectivity index (χ3v) is 12.6. The zero-order valence-corrected chi connectivity index (χ0v) is 29.0. The van der Waals surface area contributed by atoms with Gasteiger partial charge < -0.3 is 29.3 Å². The molecular formula is C36H47Cl2NO8. The van der Waals surface area contributed by atoms with Crippen LogP contribution < -0.4 is 4.90 Å². The van der Waals surface area contributed by atoms with Crippen LogP contribution in [-0.2, 0) is 35.0 Å². The van der Waals surface area contributed by atoms with Gasteiger partial charge in [0.2, 0.25) is 5.79 Å². The molecule has 0 aromatic heterocycles. The number of carbonyl (C=O) groups is 3. The highest BCUT2D eigenvalue weighted by molar-refractivity contribution is 6.18. The monoisotopic (exact) mass is 691 g/mol. The van der Waals surface area contributed by atoms with E-state index in [9.17, 15) is 24.6 Å². The molecule has 0 radical (unpaired) electrons. The van der Waals surface area contributed by atoms with Crippen molar-refractivity contribution in [3.05, 3.63) is 42.0 Å². The van der Waals surface area contributed by atoms with Crippen molar-refractivity contribution in [1.29, 1.82) is 0 Å². The van der Waals surface area contributed by atoms with Crippen LogP contribution in [0.3, 0.4) is 0 Å². The first-order chi connectivity index (χ1) is 22.3. The molecule has 11 heteroatoms. The van der Waals surface area contributed by atoms with Crippen molar-refractivity contribution in [2.24, 2.45) is 34.0 Å². The van der Waals surface area contributed by atoms with Crippen LogP contribution in [0.1, 0.15) is 64.9 Å². The van der Waals surface area contributed by atoms with Gasteiger partial charge in [-0.05, 0) is 73.1 Å². The lowest BCUT2D eigenvalue weighted by Gasteiger charge is -2.74. The first kappa shape index (κ1) is 34.7. The Kier molecular flexibility index (Phi) is 9.31. The third-order valence-electron chi connectivity index (χ3n) is 12.2. The molecule has 4 bridgehead atoms. The number of halogens is 2. The van der Waals surface area contributed by atoms with Gasteiger partial charge in [-0.3, -0.25) is 14.4 Å². The number of aliphatic hydroxyl groups is 2. The number of benzene rings is 1. The topological polar surface area (TPSA) is 123 Å². The maximum Gasteiger partial charge on any atom is 0.306 e. The minimum absolute atomic E-state index is 0.0262. The normalized spacial score (nSPS) is 38.0. The van der Waals surface area contributed by atoms with Crippen molar-refractivity contribution >= 4 is 46.6 Å². The zero-order valence-electron chi connectivity index (χ0n) is 27.5. The lowest BCUT2D eigenvalue weighted by atomic mass is 9.35. The number of esters is 2. The molecule has 2 saturated heterocycles. The molecular weight excluding hydrogens is 645 g/mol. The van der Waals surface area contributed by atoms with Gasteiger partial charge in [-0.1, -0.05) is 32.6 Å². The van der Waals surface area contributed by atoms with Crippen LogP contribution in [0.2, 0.25) is 0 Å². The molecule has 1 aromatic rings. The summed E-state index contributed by atoms with van der Waals surface area (Å²) in [6, 6.07) is 8.10. The van der Waals surface area contributed by atoms with Crippen LogP contribution in [-0.4, -0.2) is 83.5 Å². The summed E-state index contributed by atoms with van der Waals surface area (Å²) in [4.78, 5) is 42.5. The van der Waals surface area contributed by atoms with E-state index in [2.05, 4.69) is 11.5 Å². The van der Waals surface area contributed by atoms with Crippen molar-refractivity contribution in [2.45, 2.75) is 89.8 Å². The number of ether oxygens (including phenoxy) is 3. The van der Waals surface area contributed by atoms with E-state index in [0.29, 0.717) is 63.4 Å². The highest BCUT2D eigenvalue weighted by atomic mass is 35.5. The number of ketones is 1. The Morgan fingerprint density at radius 2 is 1.77 bits per heavy atom. The molecule has 9 nitrogen and oxygen atoms in total. The molecule has 2 N–H and O–H groups in total.